The van der Waals surface area contributed by atoms with E-state index in [1.165, 1.54) is 0 Å². The molecule has 0 spiro atoms. The van der Waals surface area contributed by atoms with Gasteiger partial charge in [0, 0.05) is 12.7 Å². The Hall–Kier alpha value is -0.350. The van der Waals surface area contributed by atoms with Gasteiger partial charge < -0.3 is 9.67 Å². The molecule has 0 unspecified atom stereocenters. The third-order valence-corrected chi connectivity index (χ3v) is 2.10. The van der Waals surface area contributed by atoms with E-state index in [9.17, 15) is 5.11 Å². The molecule has 1 atom stereocenters. The van der Waals surface area contributed by atoms with E-state index in [4.69, 9.17) is 0 Å². The Labute approximate surface area is 66.8 Å². The van der Waals surface area contributed by atoms with Gasteiger partial charge in [0.2, 0.25) is 0 Å². The van der Waals surface area contributed by atoms with Gasteiger partial charge in [-0.2, -0.15) is 0 Å². The van der Waals surface area contributed by atoms with Gasteiger partial charge in [-0.3, -0.25) is 0 Å². The van der Waals surface area contributed by atoms with Crippen LogP contribution in [0.4, 0.5) is 0 Å². The van der Waals surface area contributed by atoms with E-state index < -0.39 is 0 Å². The van der Waals surface area contributed by atoms with E-state index in [1.807, 2.05) is 10.8 Å². The largest absolute Gasteiger partial charge is 0.385 e. The van der Waals surface area contributed by atoms with Crippen LogP contribution in [0.1, 0.15) is 18.3 Å². The van der Waals surface area contributed by atoms with Crippen molar-refractivity contribution in [2.75, 3.05) is 0 Å². The fraction of sp³-hybridized carbons (Fsp3) is 0.500. The number of rotatable bonds is 0. The molecule has 0 fully saturated rings. The molecule has 2 rings (SSSR count). The van der Waals surface area contributed by atoms with Gasteiger partial charge in [-0.05, 0) is 22.4 Å². The zero-order chi connectivity index (χ0) is 7.14. The molecule has 1 aliphatic rings. The van der Waals surface area contributed by atoms with E-state index in [0.29, 0.717) is 0 Å². The number of aliphatic hydroxyl groups excluding tert-OH is 1. The second-order valence-corrected chi connectivity index (χ2v) is 3.23. The predicted molar refractivity (Wildman–Crippen MR) is 39.5 cm³/mol. The summed E-state index contributed by atoms with van der Waals surface area (Å²) in [4.78, 5) is 4.10. The number of aromatic nitrogens is 2. The summed E-state index contributed by atoms with van der Waals surface area (Å²) in [6, 6.07) is 0. The first kappa shape index (κ1) is 6.37. The monoisotopic (exact) mass is 202 g/mol. The van der Waals surface area contributed by atoms with E-state index in [1.54, 1.807) is 0 Å². The minimum atomic E-state index is -0.355. The summed E-state index contributed by atoms with van der Waals surface area (Å²) >= 11 is 3.24. The summed E-state index contributed by atoms with van der Waals surface area (Å²) < 4.78 is 2.77. The highest BCUT2D eigenvalue weighted by molar-refractivity contribution is 9.10. The Bertz CT molecular complexity index is 258. The van der Waals surface area contributed by atoms with Gasteiger partial charge in [0.15, 0.2) is 0 Å². The van der Waals surface area contributed by atoms with Gasteiger partial charge in [-0.25, -0.2) is 4.98 Å². The quantitative estimate of drug-likeness (QED) is 0.685. The molecule has 0 saturated carbocycles. The molecule has 2 heterocycles. The number of imidazole rings is 1. The van der Waals surface area contributed by atoms with Crippen molar-refractivity contribution in [1.82, 2.24) is 9.55 Å². The predicted octanol–water partition coefficient (Wildman–Crippen LogP) is 1.08. The molecule has 10 heavy (non-hydrogen) atoms. The van der Waals surface area contributed by atoms with Gasteiger partial charge in [0.25, 0.3) is 0 Å². The molecule has 0 aliphatic carbocycles. The first-order chi connectivity index (χ1) is 4.77. The van der Waals surface area contributed by atoms with Gasteiger partial charge in [-0.1, -0.05) is 0 Å². The maximum absolute atomic E-state index is 9.29. The number of fused-ring (bicyclic) bond motifs is 1. The summed E-state index contributed by atoms with van der Waals surface area (Å²) in [6.07, 6.45) is 2.34. The van der Waals surface area contributed by atoms with Gasteiger partial charge in [-0.15, -0.1) is 0 Å². The number of hydrogen-bond acceptors (Lipinski definition) is 2. The van der Waals surface area contributed by atoms with Crippen LogP contribution in [0.15, 0.2) is 10.8 Å². The second-order valence-electron chi connectivity index (χ2n) is 2.42. The Morgan fingerprint density at radius 2 is 2.60 bits per heavy atom. The highest BCUT2D eigenvalue weighted by atomic mass is 79.9. The highest BCUT2D eigenvalue weighted by Gasteiger charge is 2.21. The van der Waals surface area contributed by atoms with Crippen LogP contribution >= 0.6 is 15.9 Å². The normalized spacial score (nSPS) is 23.2. The maximum Gasteiger partial charge on any atom is 0.139 e. The Morgan fingerprint density at radius 3 is 3.30 bits per heavy atom. The summed E-state index contributed by atoms with van der Waals surface area (Å²) in [5.41, 5.74) is 0. The van der Waals surface area contributed by atoms with Crippen LogP contribution in [0.3, 0.4) is 0 Å². The minimum Gasteiger partial charge on any atom is -0.385 e. The van der Waals surface area contributed by atoms with Crippen LogP contribution in [0.5, 0.6) is 0 Å². The molecule has 1 aromatic heterocycles. The molecular weight excluding hydrogens is 196 g/mol. The zero-order valence-corrected chi connectivity index (χ0v) is 6.87. The molecule has 4 heteroatoms. The van der Waals surface area contributed by atoms with Crippen molar-refractivity contribution in [3.63, 3.8) is 0 Å². The van der Waals surface area contributed by atoms with E-state index in [2.05, 4.69) is 20.9 Å². The lowest BCUT2D eigenvalue weighted by Crippen LogP contribution is -1.92. The summed E-state index contributed by atoms with van der Waals surface area (Å²) in [5.74, 6) is 0.784. The zero-order valence-electron chi connectivity index (χ0n) is 5.29. The number of aliphatic hydroxyl groups is 1. The van der Waals surface area contributed by atoms with Gasteiger partial charge >= 0.3 is 0 Å². The van der Waals surface area contributed by atoms with E-state index in [-0.39, 0.29) is 6.10 Å². The highest BCUT2D eigenvalue weighted by Crippen LogP contribution is 2.25. The molecule has 1 aliphatic heterocycles. The number of hydrogen-bond donors (Lipinski definition) is 1. The van der Waals surface area contributed by atoms with Crippen molar-refractivity contribution in [2.45, 2.75) is 19.1 Å². The standard InChI is InChI=1S/C6H7BrN2O/c7-5-3-9-2-1-4(10)6(9)8-5/h3-4,10H,1-2H2/t4-/m0/s1. The molecule has 0 saturated heterocycles. The third-order valence-electron chi connectivity index (χ3n) is 1.72. The van der Waals surface area contributed by atoms with Crippen LogP contribution in [-0.2, 0) is 6.54 Å². The fourth-order valence-electron chi connectivity index (χ4n) is 1.23. The average Bonchev–Trinajstić information content (AvgIpc) is 2.35. The third kappa shape index (κ3) is 0.793. The number of aryl methyl sites for hydroxylation is 1. The molecule has 3 nitrogen and oxygen atoms in total. The van der Waals surface area contributed by atoms with Crippen LogP contribution in [0, 0.1) is 0 Å². The molecule has 0 amide bonds. The van der Waals surface area contributed by atoms with Crippen molar-refractivity contribution in [1.29, 1.82) is 0 Å². The van der Waals surface area contributed by atoms with Crippen LogP contribution < -0.4 is 0 Å². The lowest BCUT2D eigenvalue weighted by Gasteiger charge is -1.94. The first-order valence-corrected chi connectivity index (χ1v) is 3.97. The van der Waals surface area contributed by atoms with Crippen LogP contribution in [0.2, 0.25) is 0 Å². The molecular formula is C6H7BrN2O. The Morgan fingerprint density at radius 1 is 1.80 bits per heavy atom. The molecule has 1 N–H and O–H groups in total. The molecule has 1 aromatic rings. The summed E-state index contributed by atoms with van der Waals surface area (Å²) in [7, 11) is 0. The van der Waals surface area contributed by atoms with Gasteiger partial charge in [0.05, 0.1) is 0 Å². The lowest BCUT2D eigenvalue weighted by atomic mass is 10.3. The molecule has 0 bridgehead atoms. The van der Waals surface area contributed by atoms with Crippen molar-refractivity contribution >= 4 is 15.9 Å². The number of halogens is 1. The Balaban J connectivity index is 2.49. The van der Waals surface area contributed by atoms with Gasteiger partial charge in [0.1, 0.15) is 16.5 Å². The SMILES string of the molecule is O[C@H]1CCn2cc(Br)nc21. The summed E-state index contributed by atoms with van der Waals surface area (Å²) in [5, 5.41) is 9.29. The van der Waals surface area contributed by atoms with Crippen molar-refractivity contribution in [3.8, 4) is 0 Å². The second kappa shape index (κ2) is 2.07. The van der Waals surface area contributed by atoms with Crippen LogP contribution in [-0.4, -0.2) is 14.7 Å². The van der Waals surface area contributed by atoms with Crippen LogP contribution in [0.25, 0.3) is 0 Å². The van der Waals surface area contributed by atoms with E-state index >= 15 is 0 Å². The molecule has 0 radical (unpaired) electrons. The van der Waals surface area contributed by atoms with Crippen molar-refractivity contribution < 1.29 is 5.11 Å². The minimum absolute atomic E-state index is 0.355. The fourth-order valence-corrected chi connectivity index (χ4v) is 1.66. The average molecular weight is 203 g/mol. The smallest absolute Gasteiger partial charge is 0.139 e. The van der Waals surface area contributed by atoms with Crippen molar-refractivity contribution in [2.24, 2.45) is 0 Å². The van der Waals surface area contributed by atoms with E-state index in [0.717, 1.165) is 23.4 Å². The molecule has 0 aromatic carbocycles. The lowest BCUT2D eigenvalue weighted by molar-refractivity contribution is 0.175. The molecule has 54 valence electrons. The van der Waals surface area contributed by atoms with Crippen molar-refractivity contribution in [3.05, 3.63) is 16.6 Å². The maximum atomic E-state index is 9.29. The number of nitrogens with zero attached hydrogens (tertiary/aromatic N) is 2. The Kier molecular flexibility index (Phi) is 1.32. The topological polar surface area (TPSA) is 38.0 Å². The first-order valence-electron chi connectivity index (χ1n) is 3.18. The summed E-state index contributed by atoms with van der Waals surface area (Å²) in [6.45, 7) is 0.884.